The Bertz CT molecular complexity index is 821. The number of nitro groups is 1. The third-order valence-corrected chi connectivity index (χ3v) is 5.52. The molecule has 118 valence electrons. The van der Waals surface area contributed by atoms with E-state index < -0.39 is 20.0 Å². The van der Waals surface area contributed by atoms with Crippen LogP contribution in [0.2, 0.25) is 0 Å². The van der Waals surface area contributed by atoms with E-state index in [4.69, 9.17) is 0 Å². The minimum atomic E-state index is -3.53. The summed E-state index contributed by atoms with van der Waals surface area (Å²) in [6, 6.07) is 3.97. The number of nitro benzene ring substituents is 1. The average molecular weight is 345 g/mol. The third-order valence-electron chi connectivity index (χ3n) is 3.46. The maximum absolute atomic E-state index is 12.4. The van der Waals surface area contributed by atoms with E-state index in [-0.39, 0.29) is 23.1 Å². The number of nitrogens with zero attached hydrogens (tertiary/aromatic N) is 3. The standard InChI is InChI=1S/C12H12N4O4S.ClH/c17-16(18)8-1-2-10-11(5-8)14-7-12(15-10)21(19,20)9-3-4-13-6-9;/h1-2,5,7,9,13H,3-4,6H2;1H/t9-;/m0./s1. The lowest BCUT2D eigenvalue weighted by atomic mass is 10.3. The van der Waals surface area contributed by atoms with Gasteiger partial charge in [-0.3, -0.25) is 15.1 Å². The van der Waals surface area contributed by atoms with Gasteiger partial charge in [0.2, 0.25) is 9.84 Å². The van der Waals surface area contributed by atoms with Crippen molar-refractivity contribution in [2.45, 2.75) is 16.7 Å². The Morgan fingerprint density at radius 2 is 2.09 bits per heavy atom. The average Bonchev–Trinajstić information content (AvgIpc) is 3.01. The van der Waals surface area contributed by atoms with E-state index in [2.05, 4.69) is 15.3 Å². The number of aromatic nitrogens is 2. The van der Waals surface area contributed by atoms with Gasteiger partial charge in [0, 0.05) is 18.7 Å². The molecule has 1 aromatic carbocycles. The number of hydrogen-bond acceptors (Lipinski definition) is 7. The van der Waals surface area contributed by atoms with Gasteiger partial charge in [0.1, 0.15) is 0 Å². The number of rotatable bonds is 3. The predicted molar refractivity (Wildman–Crippen MR) is 81.9 cm³/mol. The Kier molecular flexibility index (Phi) is 4.59. The van der Waals surface area contributed by atoms with Gasteiger partial charge < -0.3 is 5.32 Å². The number of non-ortho nitro benzene ring substituents is 1. The van der Waals surface area contributed by atoms with Gasteiger partial charge in [0.05, 0.1) is 27.4 Å². The van der Waals surface area contributed by atoms with Crippen LogP contribution in [0, 0.1) is 10.1 Å². The molecular weight excluding hydrogens is 332 g/mol. The zero-order chi connectivity index (χ0) is 15.0. The maximum Gasteiger partial charge on any atom is 0.271 e. The van der Waals surface area contributed by atoms with E-state index in [0.29, 0.717) is 30.5 Å². The largest absolute Gasteiger partial charge is 0.315 e. The van der Waals surface area contributed by atoms with Crippen molar-refractivity contribution in [2.24, 2.45) is 0 Å². The Labute approximate surface area is 132 Å². The molecule has 0 bridgehead atoms. The molecule has 1 saturated heterocycles. The number of sulfone groups is 1. The van der Waals surface area contributed by atoms with E-state index in [0.717, 1.165) is 0 Å². The highest BCUT2D eigenvalue weighted by Crippen LogP contribution is 2.22. The van der Waals surface area contributed by atoms with Crippen LogP contribution in [0.1, 0.15) is 6.42 Å². The first-order chi connectivity index (χ1) is 9.98. The molecule has 22 heavy (non-hydrogen) atoms. The molecule has 0 unspecified atom stereocenters. The molecule has 1 fully saturated rings. The monoisotopic (exact) mass is 344 g/mol. The van der Waals surface area contributed by atoms with Crippen LogP contribution < -0.4 is 5.32 Å². The summed E-state index contributed by atoms with van der Waals surface area (Å²) in [6.07, 6.45) is 1.71. The van der Waals surface area contributed by atoms with Gasteiger partial charge in [-0.25, -0.2) is 13.4 Å². The highest BCUT2D eigenvalue weighted by Gasteiger charge is 2.31. The lowest BCUT2D eigenvalue weighted by molar-refractivity contribution is -0.384. The fourth-order valence-electron chi connectivity index (χ4n) is 2.30. The SMILES string of the molecule is Cl.O=[N+]([O-])c1ccc2nc(S(=O)(=O)[C@H]3CCNC3)cnc2c1. The summed E-state index contributed by atoms with van der Waals surface area (Å²) in [6.45, 7) is 1.07. The lowest BCUT2D eigenvalue weighted by Gasteiger charge is -2.09. The quantitative estimate of drug-likeness (QED) is 0.654. The second-order valence-corrected chi connectivity index (χ2v) is 6.97. The number of hydrogen-bond donors (Lipinski definition) is 1. The van der Waals surface area contributed by atoms with E-state index in [9.17, 15) is 18.5 Å². The van der Waals surface area contributed by atoms with Gasteiger partial charge in [0.15, 0.2) is 5.03 Å². The first-order valence-corrected chi connectivity index (χ1v) is 7.89. The highest BCUT2D eigenvalue weighted by atomic mass is 35.5. The minimum absolute atomic E-state index is 0. The minimum Gasteiger partial charge on any atom is -0.315 e. The summed E-state index contributed by atoms with van der Waals surface area (Å²) < 4.78 is 24.8. The topological polar surface area (TPSA) is 115 Å². The van der Waals surface area contributed by atoms with Crippen LogP contribution in [-0.2, 0) is 9.84 Å². The van der Waals surface area contributed by atoms with Crippen molar-refractivity contribution in [3.63, 3.8) is 0 Å². The molecule has 3 rings (SSSR count). The van der Waals surface area contributed by atoms with Gasteiger partial charge >= 0.3 is 0 Å². The van der Waals surface area contributed by atoms with Gasteiger partial charge in [-0.05, 0) is 19.0 Å². The zero-order valence-corrected chi connectivity index (χ0v) is 12.9. The van der Waals surface area contributed by atoms with Crippen molar-refractivity contribution in [1.29, 1.82) is 0 Å². The van der Waals surface area contributed by atoms with Crippen LogP contribution in [0.15, 0.2) is 29.4 Å². The van der Waals surface area contributed by atoms with Crippen LogP contribution in [0.4, 0.5) is 5.69 Å². The predicted octanol–water partition coefficient (Wildman–Crippen LogP) is 1.10. The Hall–Kier alpha value is -1.84. The molecule has 2 aromatic rings. The molecule has 2 heterocycles. The summed E-state index contributed by atoms with van der Waals surface area (Å²) in [5.41, 5.74) is 0.521. The molecular formula is C12H13ClN4O4S. The zero-order valence-electron chi connectivity index (χ0n) is 11.3. The maximum atomic E-state index is 12.4. The van der Waals surface area contributed by atoms with E-state index >= 15 is 0 Å². The van der Waals surface area contributed by atoms with Crippen molar-refractivity contribution in [2.75, 3.05) is 13.1 Å². The molecule has 1 N–H and O–H groups in total. The molecule has 8 nitrogen and oxygen atoms in total. The van der Waals surface area contributed by atoms with Crippen LogP contribution in [0.25, 0.3) is 11.0 Å². The Balaban J connectivity index is 0.00000176. The second kappa shape index (κ2) is 6.11. The van der Waals surface area contributed by atoms with Crippen molar-refractivity contribution < 1.29 is 13.3 Å². The van der Waals surface area contributed by atoms with E-state index in [1.807, 2.05) is 0 Å². The normalized spacial score (nSPS) is 18.1. The fourth-order valence-corrected chi connectivity index (χ4v) is 3.83. The number of nitrogens with one attached hydrogen (secondary N) is 1. The molecule has 1 aliphatic heterocycles. The first-order valence-electron chi connectivity index (χ1n) is 6.34. The number of benzene rings is 1. The summed E-state index contributed by atoms with van der Waals surface area (Å²) >= 11 is 0. The second-order valence-electron chi connectivity index (χ2n) is 4.80. The van der Waals surface area contributed by atoms with Crippen LogP contribution in [-0.4, -0.2) is 41.6 Å². The molecule has 0 radical (unpaired) electrons. The molecule has 0 spiro atoms. The molecule has 0 amide bonds. The van der Waals surface area contributed by atoms with E-state index in [1.165, 1.54) is 24.4 Å². The Morgan fingerprint density at radius 1 is 1.32 bits per heavy atom. The van der Waals surface area contributed by atoms with Crippen LogP contribution in [0.3, 0.4) is 0 Å². The molecule has 1 aliphatic rings. The molecule has 1 aromatic heterocycles. The number of halogens is 1. The summed E-state index contributed by atoms with van der Waals surface area (Å²) in [5, 5.41) is 13.1. The van der Waals surface area contributed by atoms with Gasteiger partial charge in [-0.15, -0.1) is 12.4 Å². The highest BCUT2D eigenvalue weighted by molar-refractivity contribution is 7.92. The van der Waals surface area contributed by atoms with Crippen molar-refractivity contribution >= 4 is 39.0 Å². The third kappa shape index (κ3) is 2.87. The smallest absolute Gasteiger partial charge is 0.271 e. The fraction of sp³-hybridized carbons (Fsp3) is 0.333. The molecule has 1 atom stereocenters. The summed E-state index contributed by atoms with van der Waals surface area (Å²) in [7, 11) is -3.53. The molecule has 0 aliphatic carbocycles. The van der Waals surface area contributed by atoms with Crippen molar-refractivity contribution in [1.82, 2.24) is 15.3 Å². The van der Waals surface area contributed by atoms with Gasteiger partial charge in [-0.1, -0.05) is 0 Å². The van der Waals surface area contributed by atoms with Crippen molar-refractivity contribution in [3.8, 4) is 0 Å². The molecule has 10 heteroatoms. The van der Waals surface area contributed by atoms with Crippen molar-refractivity contribution in [3.05, 3.63) is 34.5 Å². The Morgan fingerprint density at radius 3 is 2.73 bits per heavy atom. The summed E-state index contributed by atoms with van der Waals surface area (Å²) in [5.74, 6) is 0. The summed E-state index contributed by atoms with van der Waals surface area (Å²) in [4.78, 5) is 18.3. The van der Waals surface area contributed by atoms with Crippen LogP contribution >= 0.6 is 12.4 Å². The van der Waals surface area contributed by atoms with Gasteiger partial charge in [-0.2, -0.15) is 0 Å². The number of fused-ring (bicyclic) bond motifs is 1. The van der Waals surface area contributed by atoms with Crippen LogP contribution in [0.5, 0.6) is 0 Å². The van der Waals surface area contributed by atoms with E-state index in [1.54, 1.807) is 0 Å². The lowest BCUT2D eigenvalue weighted by Crippen LogP contribution is -2.24. The first kappa shape index (κ1) is 16.5. The molecule has 0 saturated carbocycles. The van der Waals surface area contributed by atoms with Gasteiger partial charge in [0.25, 0.3) is 5.69 Å².